The predicted molar refractivity (Wildman–Crippen MR) is 161 cm³/mol. The van der Waals surface area contributed by atoms with Crippen molar-refractivity contribution in [2.45, 2.75) is 38.0 Å². The monoisotopic (exact) mass is 746 g/mol. The van der Waals surface area contributed by atoms with E-state index in [4.69, 9.17) is 18.9 Å². The minimum atomic E-state index is -5.72. The van der Waals surface area contributed by atoms with Gasteiger partial charge < -0.3 is 28.4 Å². The van der Waals surface area contributed by atoms with Crippen LogP contribution < -0.4 is 18.9 Å². The molecule has 0 N–H and O–H groups in total. The Balaban J connectivity index is 1.65. The molecule has 0 aliphatic heterocycles. The van der Waals surface area contributed by atoms with Crippen LogP contribution in [0.15, 0.2) is 85.5 Å². The van der Waals surface area contributed by atoms with Gasteiger partial charge in [0.2, 0.25) is 25.2 Å². The number of carbonyl (C=O) groups is 4. The van der Waals surface area contributed by atoms with Crippen LogP contribution in [0.4, 0.5) is 35.1 Å². The van der Waals surface area contributed by atoms with Crippen molar-refractivity contribution in [3.63, 3.8) is 0 Å². The third-order valence-corrected chi connectivity index (χ3v) is 6.50. The van der Waals surface area contributed by atoms with Gasteiger partial charge in [-0.2, -0.15) is 35.1 Å². The van der Waals surface area contributed by atoms with Crippen molar-refractivity contribution in [2.75, 3.05) is 13.6 Å². The molecule has 0 heterocycles. The summed E-state index contributed by atoms with van der Waals surface area (Å²) in [4.78, 5) is 46.9. The minimum Gasteiger partial charge on any atom is -0.457 e. The number of halogens is 8. The highest BCUT2D eigenvalue weighted by molar-refractivity contribution is 5.85. The number of alkyl halides is 6. The molecule has 0 atom stereocenters. The molecule has 0 radical (unpaired) electrons. The summed E-state index contributed by atoms with van der Waals surface area (Å²) in [5.74, 6) is -10.6. The lowest BCUT2D eigenvalue weighted by molar-refractivity contribution is -0.165. The van der Waals surface area contributed by atoms with E-state index in [0.29, 0.717) is 23.3 Å². The zero-order chi connectivity index (χ0) is 38.6. The van der Waals surface area contributed by atoms with Crippen molar-refractivity contribution in [1.29, 1.82) is 0 Å². The van der Waals surface area contributed by atoms with E-state index in [-0.39, 0.29) is 24.3 Å². The molecule has 278 valence electrons. The molecular weight excluding hydrogens is 720 g/mol. The van der Waals surface area contributed by atoms with Gasteiger partial charge in [0.1, 0.15) is 34.1 Å². The van der Waals surface area contributed by atoms with Crippen molar-refractivity contribution in [1.82, 2.24) is 0 Å². The third kappa shape index (κ3) is 12.4. The number of carbonyl (C=O) groups excluding carboxylic acids is 4. The largest absolute Gasteiger partial charge is 0.457 e. The van der Waals surface area contributed by atoms with Gasteiger partial charge in [-0.05, 0) is 60.4 Å². The first-order valence-corrected chi connectivity index (χ1v) is 14.5. The second-order valence-electron chi connectivity index (χ2n) is 10.2. The molecule has 0 aliphatic carbocycles. The maximum absolute atomic E-state index is 14.1. The Morgan fingerprint density at radius 2 is 0.865 bits per heavy atom. The fourth-order valence-corrected chi connectivity index (χ4v) is 4.10. The summed E-state index contributed by atoms with van der Waals surface area (Å²) in [7, 11) is 0. The van der Waals surface area contributed by atoms with E-state index in [1.54, 1.807) is 0 Å². The van der Waals surface area contributed by atoms with Crippen LogP contribution >= 0.6 is 0 Å². The first kappa shape index (κ1) is 40.5. The topological polar surface area (TPSA) is 124 Å². The molecule has 0 aliphatic rings. The first-order chi connectivity index (χ1) is 24.3. The van der Waals surface area contributed by atoms with Gasteiger partial charge in [0, 0.05) is 12.8 Å². The number of esters is 4. The fourth-order valence-electron chi connectivity index (χ4n) is 4.10. The fraction of sp³-hybridized carbons (Fsp3) is 0.235. The van der Waals surface area contributed by atoms with Gasteiger partial charge in [-0.3, -0.25) is 9.59 Å². The quantitative estimate of drug-likeness (QED) is 0.0478. The van der Waals surface area contributed by atoms with Gasteiger partial charge in [0.25, 0.3) is 0 Å². The lowest BCUT2D eigenvalue weighted by atomic mass is 10.0. The molecule has 0 saturated heterocycles. The third-order valence-electron chi connectivity index (χ3n) is 6.50. The van der Waals surface area contributed by atoms with Crippen molar-refractivity contribution < 1.29 is 82.7 Å². The maximum atomic E-state index is 14.1. The van der Waals surface area contributed by atoms with Crippen LogP contribution in [0.3, 0.4) is 0 Å². The molecule has 3 rings (SSSR count). The highest BCUT2D eigenvalue weighted by Gasteiger charge is 2.49. The number of rotatable bonds is 16. The Morgan fingerprint density at radius 3 is 1.15 bits per heavy atom. The van der Waals surface area contributed by atoms with Crippen LogP contribution in [0.2, 0.25) is 0 Å². The van der Waals surface area contributed by atoms with Crippen molar-refractivity contribution in [3.8, 4) is 23.0 Å². The molecule has 0 fully saturated rings. The van der Waals surface area contributed by atoms with Gasteiger partial charge in [0.15, 0.2) is 0 Å². The van der Waals surface area contributed by atoms with E-state index in [1.807, 2.05) is 0 Å². The predicted octanol–water partition coefficient (Wildman–Crippen LogP) is 7.53. The average molecular weight is 747 g/mol. The van der Waals surface area contributed by atoms with Crippen LogP contribution in [0.5, 0.6) is 23.0 Å². The molecule has 18 heteroatoms. The van der Waals surface area contributed by atoms with Crippen LogP contribution in [0.25, 0.3) is 0 Å². The molecule has 0 unspecified atom stereocenters. The van der Waals surface area contributed by atoms with Gasteiger partial charge in [0.05, 0.1) is 0 Å². The summed E-state index contributed by atoms with van der Waals surface area (Å²) in [6.07, 6.45) is -12.8. The highest BCUT2D eigenvalue weighted by Crippen LogP contribution is 2.49. The summed E-state index contributed by atoms with van der Waals surface area (Å²) >= 11 is 0. The molecule has 52 heavy (non-hydrogen) atoms. The lowest BCUT2D eigenvalue weighted by Crippen LogP contribution is -2.22. The first-order valence-electron chi connectivity index (χ1n) is 14.5. The molecule has 0 spiro atoms. The zero-order valence-corrected chi connectivity index (χ0v) is 26.5. The number of aryl methyl sites for hydroxylation is 2. The molecule has 10 nitrogen and oxygen atoms in total. The van der Waals surface area contributed by atoms with Crippen LogP contribution in [0.1, 0.15) is 35.1 Å². The Morgan fingerprint density at radius 1 is 0.538 bits per heavy atom. The van der Waals surface area contributed by atoms with Crippen LogP contribution in [0, 0.1) is 0 Å². The molecule has 0 amide bonds. The summed E-state index contributed by atoms with van der Waals surface area (Å²) in [6, 6.07) is 12.0. The van der Waals surface area contributed by atoms with E-state index >= 15 is 0 Å². The molecule has 0 aromatic heterocycles. The van der Waals surface area contributed by atoms with Crippen LogP contribution in [-0.4, -0.2) is 37.5 Å². The maximum Gasteiger partial charge on any atom is 0.420 e. The summed E-state index contributed by atoms with van der Waals surface area (Å²) < 4.78 is 138. The molecule has 3 aromatic rings. The number of ether oxygens (including phenoxy) is 6. The standard InChI is InChI=1S/C34H26F8O10/c1-19(35)31(45)49-17-47-23-9-3-21(4-10-23)7-15-27(43)51-25-13-14-26(30(34(40,41)42)29(25)33(37,38)39)52-28(44)16-8-22-5-11-24(12-6-22)48-18-50-32(46)20(2)36/h3-6,9-14H,1-2,7-8,15-18H2. The van der Waals surface area contributed by atoms with Gasteiger partial charge in [-0.25, -0.2) is 9.59 Å². The van der Waals surface area contributed by atoms with E-state index < -0.39 is 96.9 Å². The van der Waals surface area contributed by atoms with E-state index in [1.165, 1.54) is 48.5 Å². The SMILES string of the molecule is C=C(F)C(=O)OCOc1ccc(CCC(=O)Oc2ccc(OC(=O)CCc3ccc(OCOC(=O)C(=C)F)cc3)c(C(F)(F)F)c2C(F)(F)F)cc1. The van der Waals surface area contributed by atoms with Gasteiger partial charge >= 0.3 is 36.2 Å². The van der Waals surface area contributed by atoms with Gasteiger partial charge in [-0.1, -0.05) is 37.4 Å². The van der Waals surface area contributed by atoms with Crippen LogP contribution in [-0.2, 0) is 53.8 Å². The van der Waals surface area contributed by atoms with E-state index in [0.717, 1.165) is 0 Å². The molecule has 3 aromatic carbocycles. The van der Waals surface area contributed by atoms with Crippen molar-refractivity contribution >= 4 is 23.9 Å². The number of hydrogen-bond donors (Lipinski definition) is 0. The Hall–Kier alpha value is -5.94. The minimum absolute atomic E-state index is 0.124. The highest BCUT2D eigenvalue weighted by atomic mass is 19.4. The summed E-state index contributed by atoms with van der Waals surface area (Å²) in [6.45, 7) is 4.20. The number of benzene rings is 3. The normalized spacial score (nSPS) is 11.2. The summed E-state index contributed by atoms with van der Waals surface area (Å²) in [5, 5.41) is 0. The zero-order valence-electron chi connectivity index (χ0n) is 26.5. The molecule has 0 saturated carbocycles. The smallest absolute Gasteiger partial charge is 0.420 e. The Bertz CT molecular complexity index is 1650. The second-order valence-corrected chi connectivity index (χ2v) is 10.2. The number of hydrogen-bond acceptors (Lipinski definition) is 10. The van der Waals surface area contributed by atoms with E-state index in [2.05, 4.69) is 22.6 Å². The second kappa shape index (κ2) is 17.8. The average Bonchev–Trinajstić information content (AvgIpc) is 3.06. The molecular formula is C34H26F8O10. The van der Waals surface area contributed by atoms with Crippen molar-refractivity contribution in [3.05, 3.63) is 108 Å². The molecule has 0 bridgehead atoms. The van der Waals surface area contributed by atoms with Gasteiger partial charge in [-0.15, -0.1) is 0 Å². The Kier molecular flexibility index (Phi) is 13.9. The lowest BCUT2D eigenvalue weighted by Gasteiger charge is -2.21. The summed E-state index contributed by atoms with van der Waals surface area (Å²) in [5.41, 5.74) is -3.90. The Labute approximate surface area is 289 Å². The van der Waals surface area contributed by atoms with E-state index in [9.17, 15) is 54.3 Å². The van der Waals surface area contributed by atoms with Crippen molar-refractivity contribution in [2.24, 2.45) is 0 Å².